The lowest BCUT2D eigenvalue weighted by molar-refractivity contribution is -0.136. The first kappa shape index (κ1) is 22.9. The van der Waals surface area contributed by atoms with Crippen LogP contribution < -0.4 is 4.74 Å². The molecule has 0 aliphatic rings. The van der Waals surface area contributed by atoms with Gasteiger partial charge in [0.05, 0.1) is 18.5 Å². The van der Waals surface area contributed by atoms with Gasteiger partial charge in [0.15, 0.2) is 0 Å². The van der Waals surface area contributed by atoms with Gasteiger partial charge in [0.2, 0.25) is 0 Å². The van der Waals surface area contributed by atoms with Gasteiger partial charge in [0.1, 0.15) is 5.75 Å². The first-order chi connectivity index (χ1) is 17.0. The number of rotatable bonds is 8. The molecule has 5 rings (SSSR count). The molecule has 0 unspecified atom stereocenters. The van der Waals surface area contributed by atoms with E-state index in [0.717, 1.165) is 44.3 Å². The number of carboxylic acids is 1. The first-order valence-corrected chi connectivity index (χ1v) is 11.9. The first-order valence-electron chi connectivity index (χ1n) is 11.5. The molecule has 176 valence electrons. The fraction of sp³-hybridized carbons (Fsp3) is 0.172. The van der Waals surface area contributed by atoms with Gasteiger partial charge in [0, 0.05) is 45.7 Å². The van der Waals surface area contributed by atoms with Gasteiger partial charge in [-0.25, -0.2) is 0 Å². The topological polar surface area (TPSA) is 64.3 Å². The highest BCUT2D eigenvalue weighted by Gasteiger charge is 2.17. The van der Waals surface area contributed by atoms with E-state index in [9.17, 15) is 9.90 Å². The highest BCUT2D eigenvalue weighted by atomic mass is 35.5. The number of nitrogens with zero attached hydrogens (tertiary/aromatic N) is 2. The standard InChI is InChI=1S/C29H25ClN2O3/c1-19-25(17-29(33)34)26-16-24(12-13-28(26)32(19)18-20-6-9-22(30)10-7-20)35-15-14-23-11-8-21-4-2-3-5-27(21)31-23/h2-13,16H,14-15,17-18H2,1H3,(H,33,34). The second kappa shape index (κ2) is 9.80. The lowest BCUT2D eigenvalue weighted by Crippen LogP contribution is -2.05. The Bertz CT molecular complexity index is 1520. The fourth-order valence-corrected chi connectivity index (χ4v) is 4.62. The largest absolute Gasteiger partial charge is 0.493 e. The molecule has 0 saturated carbocycles. The number of ether oxygens (including phenoxy) is 1. The van der Waals surface area contributed by atoms with Crippen LogP contribution in [-0.4, -0.2) is 27.2 Å². The molecular formula is C29H25ClN2O3. The van der Waals surface area contributed by atoms with E-state index in [0.29, 0.717) is 30.3 Å². The van der Waals surface area contributed by atoms with E-state index in [-0.39, 0.29) is 6.42 Å². The van der Waals surface area contributed by atoms with Crippen LogP contribution in [0.2, 0.25) is 5.02 Å². The van der Waals surface area contributed by atoms with E-state index in [1.54, 1.807) is 0 Å². The van der Waals surface area contributed by atoms with E-state index < -0.39 is 5.97 Å². The van der Waals surface area contributed by atoms with Crippen molar-refractivity contribution in [3.05, 3.63) is 106 Å². The summed E-state index contributed by atoms with van der Waals surface area (Å²) in [7, 11) is 0. The van der Waals surface area contributed by atoms with Gasteiger partial charge >= 0.3 is 5.97 Å². The molecule has 2 heterocycles. The third-order valence-electron chi connectivity index (χ3n) is 6.29. The maximum atomic E-state index is 11.6. The summed E-state index contributed by atoms with van der Waals surface area (Å²) >= 11 is 6.04. The van der Waals surface area contributed by atoms with Crippen molar-refractivity contribution in [1.29, 1.82) is 0 Å². The molecule has 5 nitrogen and oxygen atoms in total. The average molecular weight is 485 g/mol. The molecule has 0 aliphatic carbocycles. The molecule has 0 saturated heterocycles. The summed E-state index contributed by atoms with van der Waals surface area (Å²) in [6, 6.07) is 25.8. The number of para-hydroxylation sites is 1. The van der Waals surface area contributed by atoms with E-state index in [1.807, 2.05) is 79.7 Å². The molecule has 0 bridgehead atoms. The van der Waals surface area contributed by atoms with Crippen LogP contribution in [0.25, 0.3) is 21.8 Å². The number of halogens is 1. The van der Waals surface area contributed by atoms with Crippen molar-refractivity contribution in [2.24, 2.45) is 0 Å². The zero-order chi connectivity index (χ0) is 24.4. The number of carbonyl (C=O) groups is 1. The highest BCUT2D eigenvalue weighted by Crippen LogP contribution is 2.31. The van der Waals surface area contributed by atoms with E-state index in [4.69, 9.17) is 21.3 Å². The van der Waals surface area contributed by atoms with Crippen LogP contribution in [0.3, 0.4) is 0 Å². The summed E-state index contributed by atoms with van der Waals surface area (Å²) < 4.78 is 8.21. The highest BCUT2D eigenvalue weighted by molar-refractivity contribution is 6.30. The van der Waals surface area contributed by atoms with Gasteiger partial charge in [-0.1, -0.05) is 48.0 Å². The molecule has 0 atom stereocenters. The minimum Gasteiger partial charge on any atom is -0.493 e. The minimum atomic E-state index is -0.854. The number of aliphatic carboxylic acids is 1. The molecular weight excluding hydrogens is 460 g/mol. The third kappa shape index (κ3) is 5.00. The van der Waals surface area contributed by atoms with Crippen LogP contribution in [0.4, 0.5) is 0 Å². The number of aromatic nitrogens is 2. The number of hydrogen-bond donors (Lipinski definition) is 1. The lowest BCUT2D eigenvalue weighted by atomic mass is 10.1. The van der Waals surface area contributed by atoms with Crippen molar-refractivity contribution in [1.82, 2.24) is 9.55 Å². The van der Waals surface area contributed by atoms with Gasteiger partial charge in [-0.05, 0) is 60.5 Å². The average Bonchev–Trinajstić information content (AvgIpc) is 3.10. The number of hydrogen-bond acceptors (Lipinski definition) is 3. The Morgan fingerprint density at radius 3 is 2.63 bits per heavy atom. The van der Waals surface area contributed by atoms with Gasteiger partial charge in [0.25, 0.3) is 0 Å². The molecule has 5 aromatic rings. The normalized spacial score (nSPS) is 11.3. The van der Waals surface area contributed by atoms with Crippen LogP contribution in [0.1, 0.15) is 22.5 Å². The zero-order valence-electron chi connectivity index (χ0n) is 19.4. The Hall–Kier alpha value is -3.83. The smallest absolute Gasteiger partial charge is 0.307 e. The SMILES string of the molecule is Cc1c(CC(=O)O)c2cc(OCCc3ccc4ccccc4n3)ccc2n1Cc1ccc(Cl)cc1. The van der Waals surface area contributed by atoms with E-state index in [1.165, 1.54) is 0 Å². The van der Waals surface area contributed by atoms with Crippen LogP contribution in [0, 0.1) is 6.92 Å². The van der Waals surface area contributed by atoms with Crippen molar-refractivity contribution < 1.29 is 14.6 Å². The molecule has 3 aromatic carbocycles. The molecule has 0 spiro atoms. The van der Waals surface area contributed by atoms with E-state index in [2.05, 4.69) is 10.6 Å². The summed E-state index contributed by atoms with van der Waals surface area (Å²) in [6.07, 6.45) is 0.641. The van der Waals surface area contributed by atoms with E-state index >= 15 is 0 Å². The van der Waals surface area contributed by atoms with Crippen LogP contribution >= 0.6 is 11.6 Å². The fourth-order valence-electron chi connectivity index (χ4n) is 4.49. The molecule has 0 aliphatic heterocycles. The second-order valence-corrected chi connectivity index (χ2v) is 9.06. The Labute approximate surface area is 208 Å². The van der Waals surface area contributed by atoms with Gasteiger partial charge in [-0.2, -0.15) is 0 Å². The number of fused-ring (bicyclic) bond motifs is 2. The zero-order valence-corrected chi connectivity index (χ0v) is 20.1. The Kier molecular flexibility index (Phi) is 6.43. The molecule has 6 heteroatoms. The monoisotopic (exact) mass is 484 g/mol. The Morgan fingerprint density at radius 2 is 1.83 bits per heavy atom. The Balaban J connectivity index is 1.39. The lowest BCUT2D eigenvalue weighted by Gasteiger charge is -2.10. The molecule has 0 radical (unpaired) electrons. The Morgan fingerprint density at radius 1 is 1.03 bits per heavy atom. The van der Waals surface area contributed by atoms with Crippen LogP contribution in [-0.2, 0) is 24.2 Å². The van der Waals surface area contributed by atoms with Crippen molar-refractivity contribution in [2.75, 3.05) is 6.61 Å². The maximum Gasteiger partial charge on any atom is 0.307 e. The molecule has 0 amide bonds. The number of benzene rings is 3. The summed E-state index contributed by atoms with van der Waals surface area (Å²) in [5.41, 5.74) is 5.78. The molecule has 2 aromatic heterocycles. The molecule has 35 heavy (non-hydrogen) atoms. The predicted octanol–water partition coefficient (Wildman–Crippen LogP) is 6.45. The predicted molar refractivity (Wildman–Crippen MR) is 140 cm³/mol. The third-order valence-corrected chi connectivity index (χ3v) is 6.54. The number of pyridine rings is 1. The maximum absolute atomic E-state index is 11.6. The second-order valence-electron chi connectivity index (χ2n) is 8.62. The van der Waals surface area contributed by atoms with Crippen molar-refractivity contribution in [3.63, 3.8) is 0 Å². The molecule has 1 N–H and O–H groups in total. The summed E-state index contributed by atoms with van der Waals surface area (Å²) in [6.45, 7) is 3.09. The summed E-state index contributed by atoms with van der Waals surface area (Å²) in [5.74, 6) is -0.138. The van der Waals surface area contributed by atoms with Crippen molar-refractivity contribution in [2.45, 2.75) is 26.3 Å². The van der Waals surface area contributed by atoms with Gasteiger partial charge in [-0.15, -0.1) is 0 Å². The summed E-state index contributed by atoms with van der Waals surface area (Å²) in [4.78, 5) is 16.3. The molecule has 0 fully saturated rings. The van der Waals surface area contributed by atoms with Gasteiger partial charge < -0.3 is 14.4 Å². The van der Waals surface area contributed by atoms with Crippen LogP contribution in [0.5, 0.6) is 5.75 Å². The van der Waals surface area contributed by atoms with Crippen molar-refractivity contribution in [3.8, 4) is 5.75 Å². The van der Waals surface area contributed by atoms with Gasteiger partial charge in [-0.3, -0.25) is 9.78 Å². The number of carboxylic acid groups (broad SMARTS) is 1. The minimum absolute atomic E-state index is 0.0413. The van der Waals surface area contributed by atoms with Crippen molar-refractivity contribution >= 4 is 39.4 Å². The summed E-state index contributed by atoms with van der Waals surface area (Å²) in [5, 5.41) is 12.2. The van der Waals surface area contributed by atoms with Crippen LogP contribution in [0.15, 0.2) is 78.9 Å². The quantitative estimate of drug-likeness (QED) is 0.275.